The molecule has 14 atom stereocenters. The molecule has 0 amide bonds. The average molecular weight is 553 g/mol. The summed E-state index contributed by atoms with van der Waals surface area (Å²) in [6.45, 7) is 3.84. The average Bonchev–Trinajstić information content (AvgIpc) is 3.45. The number of rotatable bonds is 4. The fourth-order valence-corrected chi connectivity index (χ4v) is 9.99. The first-order chi connectivity index (χ1) is 18.4. The van der Waals surface area contributed by atoms with Crippen LogP contribution in [0.4, 0.5) is 0 Å². The molecular formula is C29H44O10. The highest BCUT2D eigenvalue weighted by molar-refractivity contribution is 5.85. The minimum absolute atomic E-state index is 0.0327. The molecule has 0 bridgehead atoms. The van der Waals surface area contributed by atoms with Crippen LogP contribution in [-0.2, 0) is 19.0 Å². The van der Waals surface area contributed by atoms with Gasteiger partial charge in [0, 0.05) is 23.5 Å². The number of hydrogen-bond donors (Lipinski definition) is 6. The molecule has 14 unspecified atom stereocenters. The first kappa shape index (κ1) is 28.0. The number of aliphatic hydroxyl groups excluding tert-OH is 5. The number of carbonyl (C=O) groups is 1. The maximum atomic E-state index is 12.4. The third kappa shape index (κ3) is 4.00. The summed E-state index contributed by atoms with van der Waals surface area (Å²) in [5.74, 6) is -0.753. The Kier molecular flexibility index (Phi) is 6.99. The molecule has 1 saturated heterocycles. The molecule has 4 aliphatic carbocycles. The van der Waals surface area contributed by atoms with Gasteiger partial charge in [0.1, 0.15) is 24.9 Å². The lowest BCUT2D eigenvalue weighted by Gasteiger charge is -2.65. The quantitative estimate of drug-likeness (QED) is 0.212. The van der Waals surface area contributed by atoms with Gasteiger partial charge in [-0.05, 0) is 87.5 Å². The van der Waals surface area contributed by atoms with E-state index in [1.165, 1.54) is 0 Å². The highest BCUT2D eigenvalue weighted by Gasteiger charge is 2.70. The summed E-state index contributed by atoms with van der Waals surface area (Å²) in [6.07, 6.45) is -0.0583. The molecule has 0 aromatic carbocycles. The van der Waals surface area contributed by atoms with Gasteiger partial charge in [0.05, 0.1) is 23.9 Å². The Labute approximate surface area is 229 Å². The molecule has 0 radical (unpaired) electrons. The Morgan fingerprint density at radius 3 is 2.51 bits per heavy atom. The van der Waals surface area contributed by atoms with E-state index in [2.05, 4.69) is 6.92 Å². The maximum absolute atomic E-state index is 12.4. The zero-order valence-electron chi connectivity index (χ0n) is 22.8. The van der Waals surface area contributed by atoms with Crippen LogP contribution >= 0.6 is 0 Å². The van der Waals surface area contributed by atoms with E-state index in [1.807, 2.05) is 0 Å². The van der Waals surface area contributed by atoms with Gasteiger partial charge in [-0.1, -0.05) is 6.92 Å². The molecule has 6 aliphatic rings. The molecule has 5 fully saturated rings. The number of carbonyl (C=O) groups excluding carboxylic acids is 1. The molecule has 220 valence electrons. The van der Waals surface area contributed by atoms with Crippen LogP contribution in [0.3, 0.4) is 0 Å². The van der Waals surface area contributed by atoms with Crippen molar-refractivity contribution in [1.29, 1.82) is 0 Å². The first-order valence-electron chi connectivity index (χ1n) is 14.7. The largest absolute Gasteiger partial charge is 0.458 e. The van der Waals surface area contributed by atoms with Crippen molar-refractivity contribution >= 4 is 5.97 Å². The lowest BCUT2D eigenvalue weighted by molar-refractivity contribution is -0.313. The molecule has 2 heterocycles. The van der Waals surface area contributed by atoms with E-state index in [9.17, 15) is 35.4 Å². The summed E-state index contributed by atoms with van der Waals surface area (Å²) in [4.78, 5) is 11.8. The zero-order valence-corrected chi connectivity index (χ0v) is 22.8. The Hall–Kier alpha value is -1.11. The highest BCUT2D eigenvalue weighted by atomic mass is 16.7. The first-order valence-corrected chi connectivity index (χ1v) is 14.7. The van der Waals surface area contributed by atoms with E-state index in [4.69, 9.17) is 14.2 Å². The van der Waals surface area contributed by atoms with Crippen molar-refractivity contribution in [2.24, 2.45) is 34.5 Å². The summed E-state index contributed by atoms with van der Waals surface area (Å²) in [5.41, 5.74) is -1.25. The molecule has 10 nitrogen and oxygen atoms in total. The lowest BCUT2D eigenvalue weighted by Crippen LogP contribution is -2.68. The molecule has 0 spiro atoms. The number of hydrogen-bond acceptors (Lipinski definition) is 10. The van der Waals surface area contributed by atoms with E-state index in [1.54, 1.807) is 13.0 Å². The zero-order chi connectivity index (χ0) is 27.9. The Bertz CT molecular complexity index is 1000. The third-order valence-electron chi connectivity index (χ3n) is 12.0. The molecule has 2 aliphatic heterocycles. The highest BCUT2D eigenvalue weighted by Crippen LogP contribution is 2.70. The Morgan fingerprint density at radius 1 is 1.05 bits per heavy atom. The van der Waals surface area contributed by atoms with Gasteiger partial charge in [-0.3, -0.25) is 0 Å². The molecule has 0 aromatic heterocycles. The van der Waals surface area contributed by atoms with E-state index >= 15 is 0 Å². The predicted octanol–water partition coefficient (Wildman–Crippen LogP) is 0.399. The number of cyclic esters (lactones) is 1. The predicted molar refractivity (Wildman–Crippen MR) is 136 cm³/mol. The van der Waals surface area contributed by atoms with Crippen molar-refractivity contribution in [1.82, 2.24) is 0 Å². The van der Waals surface area contributed by atoms with Crippen LogP contribution in [0.1, 0.15) is 65.2 Å². The van der Waals surface area contributed by atoms with Gasteiger partial charge in [0.2, 0.25) is 0 Å². The molecule has 10 heteroatoms. The van der Waals surface area contributed by atoms with Crippen molar-refractivity contribution in [3.63, 3.8) is 0 Å². The Balaban J connectivity index is 1.22. The minimum Gasteiger partial charge on any atom is -0.458 e. The minimum atomic E-state index is -1.37. The topological polar surface area (TPSA) is 166 Å². The van der Waals surface area contributed by atoms with Crippen LogP contribution in [-0.4, -0.2) is 98.3 Å². The molecule has 39 heavy (non-hydrogen) atoms. The number of fused-ring (bicyclic) bond motifs is 5. The molecular weight excluding hydrogens is 508 g/mol. The normalized spacial score (nSPS) is 55.3. The van der Waals surface area contributed by atoms with Gasteiger partial charge in [0.15, 0.2) is 6.29 Å². The fraction of sp³-hybridized carbons (Fsp3) is 0.897. The number of esters is 1. The van der Waals surface area contributed by atoms with Crippen molar-refractivity contribution in [2.45, 2.75) is 114 Å². The molecule has 6 N–H and O–H groups in total. The fourth-order valence-electron chi connectivity index (χ4n) is 9.99. The maximum Gasteiger partial charge on any atom is 0.331 e. The van der Waals surface area contributed by atoms with Crippen molar-refractivity contribution in [2.75, 3.05) is 13.2 Å². The van der Waals surface area contributed by atoms with Gasteiger partial charge in [-0.2, -0.15) is 0 Å². The van der Waals surface area contributed by atoms with Gasteiger partial charge in [-0.25, -0.2) is 4.79 Å². The van der Waals surface area contributed by atoms with E-state index < -0.39 is 53.2 Å². The summed E-state index contributed by atoms with van der Waals surface area (Å²) >= 11 is 0. The van der Waals surface area contributed by atoms with Gasteiger partial charge in [-0.15, -0.1) is 0 Å². The Morgan fingerprint density at radius 2 is 1.82 bits per heavy atom. The number of aliphatic hydroxyl groups is 6. The van der Waals surface area contributed by atoms with Gasteiger partial charge < -0.3 is 44.8 Å². The standard InChI is InChI=1S/C29H44O10/c1-14-23(33)24(34)25(35)26(38-14)39-17-5-7-28(13-30)16(10-17)3-4-19-22(28)20(31)11-27(2)18(6-8-29(19,27)36)15-9-21(32)37-12-15/h9,14,16-20,22-26,30-31,33-36H,3-8,10-13H2,1-2H3. The third-order valence-corrected chi connectivity index (χ3v) is 12.0. The molecule has 6 rings (SSSR count). The monoisotopic (exact) mass is 552 g/mol. The van der Waals surface area contributed by atoms with E-state index in [0.717, 1.165) is 24.8 Å². The summed E-state index contributed by atoms with van der Waals surface area (Å²) in [6, 6.07) is 0. The molecule has 0 aromatic rings. The second kappa shape index (κ2) is 9.73. The van der Waals surface area contributed by atoms with Crippen LogP contribution in [0.5, 0.6) is 0 Å². The van der Waals surface area contributed by atoms with Crippen molar-refractivity contribution < 1.29 is 49.6 Å². The summed E-state index contributed by atoms with van der Waals surface area (Å²) < 4.78 is 17.0. The lowest BCUT2D eigenvalue weighted by atomic mass is 9.42. The summed E-state index contributed by atoms with van der Waals surface area (Å²) in [7, 11) is 0. The molecule has 4 saturated carbocycles. The van der Waals surface area contributed by atoms with Gasteiger partial charge >= 0.3 is 5.97 Å². The second-order valence-corrected chi connectivity index (χ2v) is 13.5. The van der Waals surface area contributed by atoms with Crippen LogP contribution in [0.15, 0.2) is 11.6 Å². The van der Waals surface area contributed by atoms with Crippen LogP contribution < -0.4 is 0 Å². The van der Waals surface area contributed by atoms with Crippen molar-refractivity contribution in [3.8, 4) is 0 Å². The second-order valence-electron chi connectivity index (χ2n) is 13.5. The van der Waals surface area contributed by atoms with E-state index in [-0.39, 0.29) is 49.0 Å². The van der Waals surface area contributed by atoms with Crippen LogP contribution in [0.25, 0.3) is 0 Å². The van der Waals surface area contributed by atoms with Crippen LogP contribution in [0.2, 0.25) is 0 Å². The smallest absolute Gasteiger partial charge is 0.331 e. The van der Waals surface area contributed by atoms with Crippen LogP contribution in [0, 0.1) is 34.5 Å². The van der Waals surface area contributed by atoms with Crippen molar-refractivity contribution in [3.05, 3.63) is 11.6 Å². The van der Waals surface area contributed by atoms with Gasteiger partial charge in [0.25, 0.3) is 0 Å². The summed E-state index contributed by atoms with van der Waals surface area (Å²) in [5, 5.41) is 65.7. The van der Waals surface area contributed by atoms with E-state index in [0.29, 0.717) is 32.1 Å². The SMILES string of the molecule is CC1OC(OC2CCC3(CO)C(CCC4C3C(O)CC3(C)C(C5=CC(=O)OC5)CCC43O)C2)C(O)C(O)C1O. The number of ether oxygens (including phenoxy) is 3.